The molecule has 78 valence electrons. The number of halogens is 1. The van der Waals surface area contributed by atoms with Gasteiger partial charge in [0.15, 0.2) is 0 Å². The minimum Gasteiger partial charge on any atom is -0.299 e. The smallest absolute Gasteiger partial charge is 0.0526 e. The van der Waals surface area contributed by atoms with Crippen molar-refractivity contribution < 1.29 is 0 Å². The van der Waals surface area contributed by atoms with Crippen LogP contribution in [0.15, 0.2) is 0 Å². The molecule has 1 heterocycles. The Morgan fingerprint density at radius 2 is 2.15 bits per heavy atom. The third-order valence-corrected chi connectivity index (χ3v) is 3.91. The maximum absolute atomic E-state index is 6.30. The molecule has 0 amide bonds. The molecule has 0 radical (unpaired) electrons. The van der Waals surface area contributed by atoms with Crippen LogP contribution in [0.5, 0.6) is 0 Å². The highest BCUT2D eigenvalue weighted by Crippen LogP contribution is 2.35. The van der Waals surface area contributed by atoms with Crippen LogP contribution in [0.3, 0.4) is 0 Å². The quantitative estimate of drug-likeness (QED) is 0.638. The van der Waals surface area contributed by atoms with E-state index in [0.717, 1.165) is 13.1 Å². The highest BCUT2D eigenvalue weighted by molar-refractivity contribution is 6.21. The van der Waals surface area contributed by atoms with Crippen molar-refractivity contribution in [1.29, 1.82) is 0 Å². The Hall–Kier alpha value is 0.250. The average Bonchev–Trinajstić information content (AvgIpc) is 2.27. The summed E-state index contributed by atoms with van der Waals surface area (Å²) in [4.78, 5) is 2.53. The highest BCUT2D eigenvalue weighted by Gasteiger charge is 2.39. The summed E-state index contributed by atoms with van der Waals surface area (Å²) in [6, 6.07) is 0.702. The Kier molecular flexibility index (Phi) is 3.64. The zero-order valence-corrected chi connectivity index (χ0v) is 10.1. The summed E-state index contributed by atoms with van der Waals surface area (Å²) in [5.41, 5.74) is 0.295. The molecule has 13 heavy (non-hydrogen) atoms. The van der Waals surface area contributed by atoms with Crippen molar-refractivity contribution in [2.24, 2.45) is 5.41 Å². The second-order valence-electron chi connectivity index (χ2n) is 5.02. The molecule has 2 unspecified atom stereocenters. The predicted octanol–water partition coefficient (Wildman–Crippen LogP) is 3.12. The summed E-state index contributed by atoms with van der Waals surface area (Å²) < 4.78 is 0. The number of alkyl halides is 1. The summed E-state index contributed by atoms with van der Waals surface area (Å²) in [5.74, 6) is 0. The molecular formula is C11H22ClN. The van der Waals surface area contributed by atoms with Crippen LogP contribution >= 0.6 is 11.6 Å². The van der Waals surface area contributed by atoms with Crippen LogP contribution in [0.1, 0.15) is 40.5 Å². The second kappa shape index (κ2) is 4.18. The first-order valence-corrected chi connectivity index (χ1v) is 5.79. The Morgan fingerprint density at radius 1 is 1.54 bits per heavy atom. The van der Waals surface area contributed by atoms with Gasteiger partial charge < -0.3 is 0 Å². The molecule has 0 aliphatic carbocycles. The third kappa shape index (κ3) is 2.60. The summed E-state index contributed by atoms with van der Waals surface area (Å²) in [6.45, 7) is 11.3. The van der Waals surface area contributed by atoms with Gasteiger partial charge in [0.1, 0.15) is 0 Å². The molecule has 0 N–H and O–H groups in total. The maximum Gasteiger partial charge on any atom is 0.0526 e. The third-order valence-electron chi connectivity index (χ3n) is 3.18. The lowest BCUT2D eigenvalue weighted by molar-refractivity contribution is 0.220. The molecule has 0 bridgehead atoms. The number of likely N-dealkylation sites (tertiary alicyclic amines) is 1. The summed E-state index contributed by atoms with van der Waals surface area (Å²) in [7, 11) is 0. The molecule has 1 aliphatic heterocycles. The van der Waals surface area contributed by atoms with E-state index >= 15 is 0 Å². The second-order valence-corrected chi connectivity index (χ2v) is 5.55. The Morgan fingerprint density at radius 3 is 2.54 bits per heavy atom. The van der Waals surface area contributed by atoms with Gasteiger partial charge in [-0.05, 0) is 18.8 Å². The summed E-state index contributed by atoms with van der Waals surface area (Å²) in [6.07, 6.45) is 2.56. The van der Waals surface area contributed by atoms with Crippen molar-refractivity contribution in [1.82, 2.24) is 4.90 Å². The molecule has 0 aromatic carbocycles. The molecule has 1 aliphatic rings. The van der Waals surface area contributed by atoms with Gasteiger partial charge in [-0.15, -0.1) is 11.6 Å². The molecule has 0 aromatic heterocycles. The highest BCUT2D eigenvalue weighted by atomic mass is 35.5. The Bertz CT molecular complexity index is 167. The molecule has 1 rings (SSSR count). The predicted molar refractivity (Wildman–Crippen MR) is 59.4 cm³/mol. The molecule has 2 atom stereocenters. The standard InChI is InChI=1S/C11H22ClN/c1-5-6-9(2)13-7-10(12)11(3,4)8-13/h9-10H,5-8H2,1-4H3. The van der Waals surface area contributed by atoms with Gasteiger partial charge in [-0.1, -0.05) is 27.2 Å². The molecule has 1 nitrogen and oxygen atoms in total. The molecule has 1 fully saturated rings. The lowest BCUT2D eigenvalue weighted by atomic mass is 9.92. The maximum atomic E-state index is 6.30. The van der Waals surface area contributed by atoms with E-state index in [1.165, 1.54) is 12.8 Å². The molecular weight excluding hydrogens is 182 g/mol. The van der Waals surface area contributed by atoms with Gasteiger partial charge in [0.05, 0.1) is 5.38 Å². The van der Waals surface area contributed by atoms with Gasteiger partial charge in [0.2, 0.25) is 0 Å². The fraction of sp³-hybridized carbons (Fsp3) is 1.00. The summed E-state index contributed by atoms with van der Waals surface area (Å²) >= 11 is 6.30. The van der Waals surface area contributed by atoms with Crippen LogP contribution in [-0.2, 0) is 0 Å². The molecule has 0 spiro atoms. The minimum absolute atomic E-state index is 0.295. The fourth-order valence-corrected chi connectivity index (χ4v) is 2.32. The topological polar surface area (TPSA) is 3.24 Å². The van der Waals surface area contributed by atoms with Gasteiger partial charge >= 0.3 is 0 Å². The van der Waals surface area contributed by atoms with Crippen molar-refractivity contribution in [3.63, 3.8) is 0 Å². The Labute approximate surface area is 87.4 Å². The molecule has 1 saturated heterocycles. The largest absolute Gasteiger partial charge is 0.299 e. The minimum atomic E-state index is 0.295. The van der Waals surface area contributed by atoms with Crippen molar-refractivity contribution in [2.75, 3.05) is 13.1 Å². The molecule has 0 saturated carbocycles. The van der Waals surface area contributed by atoms with E-state index in [0.29, 0.717) is 16.8 Å². The van der Waals surface area contributed by atoms with E-state index in [9.17, 15) is 0 Å². The molecule has 2 heteroatoms. The van der Waals surface area contributed by atoms with Crippen LogP contribution in [0.2, 0.25) is 0 Å². The Balaban J connectivity index is 2.48. The zero-order valence-electron chi connectivity index (χ0n) is 9.31. The van der Waals surface area contributed by atoms with Gasteiger partial charge in [-0.25, -0.2) is 0 Å². The van der Waals surface area contributed by atoms with Crippen LogP contribution in [0.25, 0.3) is 0 Å². The first kappa shape index (κ1) is 11.3. The van der Waals surface area contributed by atoms with Crippen LogP contribution in [-0.4, -0.2) is 29.4 Å². The lowest BCUT2D eigenvalue weighted by Crippen LogP contribution is -2.32. The number of hydrogen-bond donors (Lipinski definition) is 0. The fourth-order valence-electron chi connectivity index (χ4n) is 2.08. The average molecular weight is 204 g/mol. The first-order valence-electron chi connectivity index (χ1n) is 5.35. The van der Waals surface area contributed by atoms with Crippen molar-refractivity contribution in [3.05, 3.63) is 0 Å². The number of nitrogens with zero attached hydrogens (tertiary/aromatic N) is 1. The SMILES string of the molecule is CCCC(C)N1CC(Cl)C(C)(C)C1. The van der Waals surface area contributed by atoms with E-state index in [1.807, 2.05) is 0 Å². The van der Waals surface area contributed by atoms with E-state index < -0.39 is 0 Å². The van der Waals surface area contributed by atoms with Gasteiger partial charge in [-0.2, -0.15) is 0 Å². The normalized spacial score (nSPS) is 30.7. The van der Waals surface area contributed by atoms with Crippen LogP contribution in [0, 0.1) is 5.41 Å². The first-order chi connectivity index (χ1) is 5.97. The monoisotopic (exact) mass is 203 g/mol. The van der Waals surface area contributed by atoms with Gasteiger partial charge in [0.25, 0.3) is 0 Å². The number of hydrogen-bond acceptors (Lipinski definition) is 1. The van der Waals surface area contributed by atoms with E-state index in [2.05, 4.69) is 32.6 Å². The van der Waals surface area contributed by atoms with E-state index in [-0.39, 0.29) is 0 Å². The molecule has 0 aromatic rings. The van der Waals surface area contributed by atoms with Gasteiger partial charge in [-0.3, -0.25) is 4.90 Å². The van der Waals surface area contributed by atoms with Crippen molar-refractivity contribution in [3.8, 4) is 0 Å². The van der Waals surface area contributed by atoms with Crippen LogP contribution < -0.4 is 0 Å². The van der Waals surface area contributed by atoms with E-state index in [4.69, 9.17) is 11.6 Å². The van der Waals surface area contributed by atoms with Crippen molar-refractivity contribution in [2.45, 2.75) is 52.0 Å². The number of rotatable bonds is 3. The summed E-state index contributed by atoms with van der Waals surface area (Å²) in [5, 5.41) is 0.326. The zero-order chi connectivity index (χ0) is 10.1. The lowest BCUT2D eigenvalue weighted by Gasteiger charge is -2.25. The van der Waals surface area contributed by atoms with E-state index in [1.54, 1.807) is 0 Å². The van der Waals surface area contributed by atoms with Crippen LogP contribution in [0.4, 0.5) is 0 Å². The van der Waals surface area contributed by atoms with Gasteiger partial charge in [0, 0.05) is 19.1 Å². The van der Waals surface area contributed by atoms with Crippen molar-refractivity contribution >= 4 is 11.6 Å².